The molecule has 1 aliphatic heterocycles. The number of nitrogens with two attached hydrogens (primary N) is 2. The van der Waals surface area contributed by atoms with Crippen molar-refractivity contribution in [1.82, 2.24) is 19.7 Å². The number of piperidine rings is 1. The molecule has 0 radical (unpaired) electrons. The predicted octanol–water partition coefficient (Wildman–Crippen LogP) is 3.36. The number of methoxy groups -OCH3 is 1. The van der Waals surface area contributed by atoms with E-state index in [0.29, 0.717) is 17.3 Å². The molecular formula is C24H28ClN7O3. The molecule has 0 amide bonds. The minimum Gasteiger partial charge on any atom is -0.493 e. The maximum Gasteiger partial charge on any atom is 0.338 e. The minimum atomic E-state index is -0.981. The van der Waals surface area contributed by atoms with Gasteiger partial charge in [-0.25, -0.2) is 9.78 Å². The van der Waals surface area contributed by atoms with E-state index in [1.165, 1.54) is 12.4 Å². The Labute approximate surface area is 207 Å². The summed E-state index contributed by atoms with van der Waals surface area (Å²) in [6, 6.07) is 7.59. The Kier molecular flexibility index (Phi) is 7.42. The van der Waals surface area contributed by atoms with Crippen LogP contribution < -0.4 is 21.1 Å². The number of anilines is 2. The lowest BCUT2D eigenvalue weighted by Gasteiger charge is -2.33. The Balaban J connectivity index is 0.000000168. The summed E-state index contributed by atoms with van der Waals surface area (Å²) in [7, 11) is 1.65. The Hall–Kier alpha value is -3.76. The average Bonchev–Trinajstić information content (AvgIpc) is 3.47. The molecule has 10 nitrogen and oxygen atoms in total. The number of nitrogen functional groups attached to an aromatic ring is 1. The van der Waals surface area contributed by atoms with Gasteiger partial charge in [-0.2, -0.15) is 5.10 Å². The summed E-state index contributed by atoms with van der Waals surface area (Å²) < 4.78 is 7.00. The van der Waals surface area contributed by atoms with Crippen molar-refractivity contribution in [2.45, 2.75) is 25.4 Å². The molecule has 3 aromatic heterocycles. The van der Waals surface area contributed by atoms with Crippen LogP contribution in [-0.2, 0) is 6.54 Å². The van der Waals surface area contributed by atoms with E-state index in [4.69, 9.17) is 32.9 Å². The number of nitrogens with zero attached hydrogens (tertiary/aromatic N) is 4. The number of ether oxygens (including phenoxy) is 1. The van der Waals surface area contributed by atoms with Crippen molar-refractivity contribution in [3.05, 3.63) is 65.2 Å². The summed E-state index contributed by atoms with van der Waals surface area (Å²) in [5.41, 5.74) is 15.7. The summed E-state index contributed by atoms with van der Waals surface area (Å²) in [6.45, 7) is 2.25. The van der Waals surface area contributed by atoms with E-state index in [1.807, 2.05) is 18.2 Å². The maximum absolute atomic E-state index is 10.7. The predicted molar refractivity (Wildman–Crippen MR) is 136 cm³/mol. The summed E-state index contributed by atoms with van der Waals surface area (Å²) in [5.74, 6) is -0.238. The van der Waals surface area contributed by atoms with Crippen LogP contribution >= 0.6 is 11.6 Å². The highest BCUT2D eigenvalue weighted by atomic mass is 35.5. The van der Waals surface area contributed by atoms with E-state index in [-0.39, 0.29) is 11.6 Å². The summed E-state index contributed by atoms with van der Waals surface area (Å²) in [5, 5.41) is 14.3. The van der Waals surface area contributed by atoms with Crippen LogP contribution in [0.1, 0.15) is 28.8 Å². The van der Waals surface area contributed by atoms with Crippen LogP contribution in [0.4, 0.5) is 11.4 Å². The highest BCUT2D eigenvalue weighted by Crippen LogP contribution is 2.39. The van der Waals surface area contributed by atoms with Gasteiger partial charge in [0.25, 0.3) is 0 Å². The van der Waals surface area contributed by atoms with Gasteiger partial charge in [-0.15, -0.1) is 0 Å². The van der Waals surface area contributed by atoms with Gasteiger partial charge in [-0.05, 0) is 24.5 Å². The van der Waals surface area contributed by atoms with Crippen LogP contribution in [0.2, 0.25) is 5.02 Å². The highest BCUT2D eigenvalue weighted by molar-refractivity contribution is 6.31. The second-order valence-corrected chi connectivity index (χ2v) is 8.72. The second-order valence-electron chi connectivity index (χ2n) is 8.31. The Bertz CT molecular complexity index is 1320. The molecule has 1 saturated heterocycles. The third-order valence-electron chi connectivity index (χ3n) is 5.84. The topological polar surface area (TPSA) is 148 Å². The van der Waals surface area contributed by atoms with Crippen molar-refractivity contribution in [1.29, 1.82) is 0 Å². The fraction of sp³-hybridized carbons (Fsp3) is 0.292. The van der Waals surface area contributed by atoms with Crippen molar-refractivity contribution >= 4 is 40.0 Å². The van der Waals surface area contributed by atoms with E-state index < -0.39 is 5.97 Å². The lowest BCUT2D eigenvalue weighted by atomic mass is 10.0. The minimum absolute atomic E-state index is 0.173. The van der Waals surface area contributed by atoms with Gasteiger partial charge in [-0.1, -0.05) is 29.8 Å². The molecule has 4 aromatic rings. The number of aromatic amines is 1. The van der Waals surface area contributed by atoms with Gasteiger partial charge in [0.15, 0.2) is 5.75 Å². The van der Waals surface area contributed by atoms with Gasteiger partial charge in [-0.3, -0.25) is 4.68 Å². The Morgan fingerprint density at radius 2 is 2.14 bits per heavy atom. The number of aromatic carboxylic acids is 1. The van der Waals surface area contributed by atoms with E-state index in [2.05, 4.69) is 20.0 Å². The molecule has 1 aliphatic rings. The first-order valence-corrected chi connectivity index (χ1v) is 11.5. The first-order valence-electron chi connectivity index (χ1n) is 11.2. The van der Waals surface area contributed by atoms with Gasteiger partial charge >= 0.3 is 5.97 Å². The Morgan fingerprint density at radius 1 is 1.34 bits per heavy atom. The molecule has 1 aromatic carbocycles. The zero-order valence-corrected chi connectivity index (χ0v) is 20.1. The number of nitrogens with one attached hydrogen (secondary N) is 1. The van der Waals surface area contributed by atoms with Crippen molar-refractivity contribution in [2.24, 2.45) is 5.73 Å². The first-order chi connectivity index (χ1) is 16.9. The largest absolute Gasteiger partial charge is 0.493 e. The van der Waals surface area contributed by atoms with Crippen LogP contribution in [0.25, 0.3) is 11.0 Å². The molecule has 1 fully saturated rings. The number of carboxylic acid groups (broad SMARTS) is 1. The van der Waals surface area contributed by atoms with E-state index in [1.54, 1.807) is 30.3 Å². The molecule has 5 rings (SSSR count). The summed E-state index contributed by atoms with van der Waals surface area (Å²) >= 11 is 5.99. The van der Waals surface area contributed by atoms with E-state index in [9.17, 15) is 4.79 Å². The van der Waals surface area contributed by atoms with Gasteiger partial charge < -0.3 is 31.2 Å². The summed E-state index contributed by atoms with van der Waals surface area (Å²) in [4.78, 5) is 20.3. The monoisotopic (exact) mass is 497 g/mol. The number of hydrogen-bond donors (Lipinski definition) is 4. The zero-order valence-electron chi connectivity index (χ0n) is 19.3. The molecule has 0 aliphatic carbocycles. The molecule has 6 N–H and O–H groups in total. The van der Waals surface area contributed by atoms with Crippen LogP contribution in [-0.4, -0.2) is 57.1 Å². The fourth-order valence-electron chi connectivity index (χ4n) is 4.12. The second kappa shape index (κ2) is 10.7. The lowest BCUT2D eigenvalue weighted by molar-refractivity contribution is 0.0696. The van der Waals surface area contributed by atoms with Crippen LogP contribution in [0.15, 0.2) is 49.1 Å². The van der Waals surface area contributed by atoms with Crippen molar-refractivity contribution in [3.8, 4) is 5.75 Å². The number of carboxylic acids is 1. The number of benzene rings is 1. The summed E-state index contributed by atoms with van der Waals surface area (Å²) in [6.07, 6.45) is 8.44. The quantitative estimate of drug-likeness (QED) is 0.328. The first kappa shape index (κ1) is 24.4. The maximum atomic E-state index is 10.7. The zero-order chi connectivity index (χ0) is 24.9. The van der Waals surface area contributed by atoms with E-state index in [0.717, 1.165) is 54.0 Å². The van der Waals surface area contributed by atoms with E-state index >= 15 is 0 Å². The third-order valence-corrected chi connectivity index (χ3v) is 6.20. The van der Waals surface area contributed by atoms with Gasteiger partial charge in [0, 0.05) is 36.5 Å². The highest BCUT2D eigenvalue weighted by Gasteiger charge is 2.24. The molecule has 184 valence electrons. The molecule has 1 atom stereocenters. The molecule has 11 heteroatoms. The molecule has 4 heterocycles. The molecule has 0 unspecified atom stereocenters. The molecule has 0 saturated carbocycles. The molecular weight excluding hydrogens is 470 g/mol. The number of halogens is 1. The number of fused-ring (bicyclic) bond motifs is 1. The van der Waals surface area contributed by atoms with Gasteiger partial charge in [0.2, 0.25) is 0 Å². The lowest BCUT2D eigenvalue weighted by Crippen LogP contribution is -2.43. The number of carbonyl (C=O) groups is 1. The van der Waals surface area contributed by atoms with Crippen molar-refractivity contribution in [3.63, 3.8) is 0 Å². The number of pyridine rings is 1. The molecule has 0 bridgehead atoms. The fourth-order valence-corrected chi connectivity index (χ4v) is 4.32. The normalized spacial score (nSPS) is 15.5. The van der Waals surface area contributed by atoms with Crippen molar-refractivity contribution in [2.75, 3.05) is 30.8 Å². The van der Waals surface area contributed by atoms with Crippen LogP contribution in [0.5, 0.6) is 5.75 Å². The average molecular weight is 498 g/mol. The number of rotatable bonds is 5. The Morgan fingerprint density at radius 3 is 2.83 bits per heavy atom. The van der Waals surface area contributed by atoms with Gasteiger partial charge in [0.05, 0.1) is 48.4 Å². The SMILES string of the molecule is COc1cnc2[nH]cc(N)c2c1N1CCC[C@@H](N)C1.O=C(O)c1cnn(Cc2ccccc2Cl)c1. The number of hydrogen-bond acceptors (Lipinski definition) is 7. The van der Waals surface area contributed by atoms with Crippen LogP contribution in [0, 0.1) is 0 Å². The molecule has 0 spiro atoms. The molecule has 35 heavy (non-hydrogen) atoms. The standard InChI is InChI=1S/C13H19N5O.C11H9ClN2O2/c1-19-10-6-17-13-11(9(15)5-16-13)12(10)18-4-2-3-8(14)7-18;12-10-4-2-1-3-8(10)6-14-7-9(5-13-14)11(15)16/h5-6,8H,2-4,7,14-15H2,1H3,(H,16,17);1-5,7H,6H2,(H,15,16)/t8-;/m1./s1. The third kappa shape index (κ3) is 5.50. The van der Waals surface area contributed by atoms with Gasteiger partial charge in [0.1, 0.15) is 5.65 Å². The van der Waals surface area contributed by atoms with Crippen molar-refractivity contribution < 1.29 is 14.6 Å². The van der Waals surface area contributed by atoms with Crippen LogP contribution in [0.3, 0.4) is 0 Å². The smallest absolute Gasteiger partial charge is 0.338 e. The number of aromatic nitrogens is 4. The number of H-pyrrole nitrogens is 1.